The largest absolute Gasteiger partial charge is 0.455 e. The van der Waals surface area contributed by atoms with Gasteiger partial charge in [0.25, 0.3) is 0 Å². The predicted octanol–water partition coefficient (Wildman–Crippen LogP) is 4.68. The van der Waals surface area contributed by atoms with Gasteiger partial charge in [-0.3, -0.25) is 4.79 Å². The van der Waals surface area contributed by atoms with Gasteiger partial charge in [0.2, 0.25) is 0 Å². The highest BCUT2D eigenvalue weighted by Crippen LogP contribution is 2.60. The van der Waals surface area contributed by atoms with E-state index in [0.717, 1.165) is 42.6 Å². The predicted molar refractivity (Wildman–Crippen MR) is 97.1 cm³/mol. The van der Waals surface area contributed by atoms with E-state index < -0.39 is 5.97 Å². The van der Waals surface area contributed by atoms with Crippen molar-refractivity contribution < 1.29 is 14.3 Å². The van der Waals surface area contributed by atoms with E-state index in [1.54, 1.807) is 18.2 Å². The number of hydrogen-bond acceptors (Lipinski definition) is 3. The van der Waals surface area contributed by atoms with Gasteiger partial charge >= 0.3 is 5.97 Å². The van der Waals surface area contributed by atoms with E-state index in [1.807, 2.05) is 12.1 Å². The molecule has 0 aliphatic heterocycles. The SMILES string of the molecule is O=C(/C=C/c1ccc(Cl)cc1)OCC(=O)C12CC3CC(CC(C3)C1)C2. The van der Waals surface area contributed by atoms with Gasteiger partial charge in [0, 0.05) is 16.5 Å². The summed E-state index contributed by atoms with van der Waals surface area (Å²) >= 11 is 5.83. The molecular weight excluding hydrogens is 336 g/mol. The summed E-state index contributed by atoms with van der Waals surface area (Å²) in [6.07, 6.45) is 9.98. The van der Waals surface area contributed by atoms with E-state index in [1.165, 1.54) is 25.3 Å². The van der Waals surface area contributed by atoms with Crippen molar-refractivity contribution >= 4 is 29.4 Å². The molecular formula is C21H23ClO3. The van der Waals surface area contributed by atoms with Crippen LogP contribution >= 0.6 is 11.6 Å². The number of benzene rings is 1. The lowest BCUT2D eigenvalue weighted by molar-refractivity contribution is -0.155. The molecule has 0 heterocycles. The molecule has 4 saturated carbocycles. The minimum absolute atomic E-state index is 0.0874. The molecule has 0 atom stereocenters. The van der Waals surface area contributed by atoms with Crippen molar-refractivity contribution in [2.75, 3.05) is 6.61 Å². The summed E-state index contributed by atoms with van der Waals surface area (Å²) in [5, 5.41) is 0.654. The molecule has 0 unspecified atom stereocenters. The van der Waals surface area contributed by atoms with Crippen LogP contribution in [0.3, 0.4) is 0 Å². The number of esters is 1. The standard InChI is InChI=1S/C21H23ClO3/c22-18-4-1-14(2-5-18)3-6-20(24)25-13-19(23)21-10-15-7-16(11-21)9-17(8-15)12-21/h1-6,15-17H,7-13H2/b6-3+. The third kappa shape index (κ3) is 3.52. The summed E-state index contributed by atoms with van der Waals surface area (Å²) in [4.78, 5) is 24.7. The minimum atomic E-state index is -0.465. The monoisotopic (exact) mass is 358 g/mol. The van der Waals surface area contributed by atoms with E-state index in [4.69, 9.17) is 16.3 Å². The Hall–Kier alpha value is -1.61. The van der Waals surface area contributed by atoms with E-state index in [-0.39, 0.29) is 17.8 Å². The molecule has 4 heteroatoms. The van der Waals surface area contributed by atoms with Crippen molar-refractivity contribution in [1.82, 2.24) is 0 Å². The fraction of sp³-hybridized carbons (Fsp3) is 0.524. The van der Waals surface area contributed by atoms with Crippen molar-refractivity contribution in [2.45, 2.75) is 38.5 Å². The van der Waals surface area contributed by atoms with Crippen molar-refractivity contribution in [3.8, 4) is 0 Å². The van der Waals surface area contributed by atoms with Gasteiger partial charge in [-0.25, -0.2) is 4.79 Å². The normalized spacial score (nSPS) is 32.9. The van der Waals surface area contributed by atoms with Gasteiger partial charge in [-0.05, 0) is 80.1 Å². The van der Waals surface area contributed by atoms with Gasteiger partial charge in [0.05, 0.1) is 0 Å². The topological polar surface area (TPSA) is 43.4 Å². The summed E-state index contributed by atoms with van der Waals surface area (Å²) in [6.45, 7) is -0.0874. The smallest absolute Gasteiger partial charge is 0.331 e. The number of Topliss-reactive ketones (excluding diaryl/α,β-unsaturated/α-hetero) is 1. The Labute approximate surface area is 153 Å². The summed E-state index contributed by atoms with van der Waals surface area (Å²) in [5.74, 6) is 1.83. The van der Waals surface area contributed by atoms with Crippen LogP contribution in [0.25, 0.3) is 6.08 Å². The van der Waals surface area contributed by atoms with E-state index in [9.17, 15) is 9.59 Å². The maximum absolute atomic E-state index is 12.8. The van der Waals surface area contributed by atoms with Crippen LogP contribution in [-0.4, -0.2) is 18.4 Å². The summed E-state index contributed by atoms with van der Waals surface area (Å²) < 4.78 is 5.24. The number of hydrogen-bond donors (Lipinski definition) is 0. The summed E-state index contributed by atoms with van der Waals surface area (Å²) in [5.41, 5.74) is 0.670. The fourth-order valence-electron chi connectivity index (χ4n) is 5.53. The molecule has 3 nitrogen and oxygen atoms in total. The molecule has 0 amide bonds. The van der Waals surface area contributed by atoms with E-state index in [0.29, 0.717) is 5.02 Å². The molecule has 0 N–H and O–H groups in total. The number of ketones is 1. The highest BCUT2D eigenvalue weighted by molar-refractivity contribution is 6.30. The quantitative estimate of drug-likeness (QED) is 0.567. The molecule has 132 valence electrons. The molecule has 0 aromatic heterocycles. The number of rotatable bonds is 5. The Morgan fingerprint density at radius 1 is 1.04 bits per heavy atom. The van der Waals surface area contributed by atoms with Crippen LogP contribution in [0.4, 0.5) is 0 Å². The van der Waals surface area contributed by atoms with Gasteiger partial charge in [0.1, 0.15) is 0 Å². The highest BCUT2D eigenvalue weighted by atomic mass is 35.5. The van der Waals surface area contributed by atoms with Crippen molar-refractivity contribution in [3.63, 3.8) is 0 Å². The fourth-order valence-corrected chi connectivity index (χ4v) is 5.65. The zero-order valence-electron chi connectivity index (χ0n) is 14.2. The molecule has 0 radical (unpaired) electrons. The third-order valence-electron chi connectivity index (χ3n) is 6.26. The van der Waals surface area contributed by atoms with Crippen LogP contribution in [-0.2, 0) is 14.3 Å². The molecule has 4 fully saturated rings. The van der Waals surface area contributed by atoms with Gasteiger partial charge in [-0.15, -0.1) is 0 Å². The first-order valence-corrected chi connectivity index (χ1v) is 9.54. The molecule has 4 bridgehead atoms. The Kier molecular flexibility index (Phi) is 4.45. The highest BCUT2D eigenvalue weighted by Gasteiger charge is 2.54. The van der Waals surface area contributed by atoms with E-state index in [2.05, 4.69) is 0 Å². The van der Waals surface area contributed by atoms with Gasteiger partial charge in [-0.2, -0.15) is 0 Å². The number of carbonyl (C=O) groups is 2. The Balaban J connectivity index is 1.33. The van der Waals surface area contributed by atoms with E-state index >= 15 is 0 Å². The van der Waals surface area contributed by atoms with Gasteiger partial charge < -0.3 is 4.74 Å². The van der Waals surface area contributed by atoms with Crippen LogP contribution in [0.5, 0.6) is 0 Å². The average Bonchev–Trinajstić information content (AvgIpc) is 2.58. The molecule has 0 spiro atoms. The second-order valence-corrected chi connectivity index (χ2v) is 8.55. The van der Waals surface area contributed by atoms with Crippen LogP contribution in [0.2, 0.25) is 5.02 Å². The number of ether oxygens (including phenoxy) is 1. The summed E-state index contributed by atoms with van der Waals surface area (Å²) in [6, 6.07) is 7.19. The maximum Gasteiger partial charge on any atom is 0.331 e. The zero-order chi connectivity index (χ0) is 17.4. The first-order chi connectivity index (χ1) is 12.0. The minimum Gasteiger partial charge on any atom is -0.455 e. The third-order valence-corrected chi connectivity index (χ3v) is 6.51. The number of carbonyl (C=O) groups excluding carboxylic acids is 2. The first kappa shape index (κ1) is 16.8. The van der Waals surface area contributed by atoms with Crippen molar-refractivity contribution in [1.29, 1.82) is 0 Å². The zero-order valence-corrected chi connectivity index (χ0v) is 15.0. The molecule has 5 rings (SSSR count). The Morgan fingerprint density at radius 2 is 1.60 bits per heavy atom. The lowest BCUT2D eigenvalue weighted by Crippen LogP contribution is -2.51. The Bertz CT molecular complexity index is 669. The molecule has 4 aliphatic carbocycles. The van der Waals surface area contributed by atoms with Crippen LogP contribution in [0.1, 0.15) is 44.1 Å². The molecule has 4 aliphatic rings. The first-order valence-electron chi connectivity index (χ1n) is 9.16. The molecule has 25 heavy (non-hydrogen) atoms. The molecule has 1 aromatic carbocycles. The van der Waals surface area contributed by atoms with Crippen molar-refractivity contribution in [2.24, 2.45) is 23.2 Å². The van der Waals surface area contributed by atoms with Crippen LogP contribution in [0, 0.1) is 23.2 Å². The Morgan fingerprint density at radius 3 is 2.16 bits per heavy atom. The average molecular weight is 359 g/mol. The second-order valence-electron chi connectivity index (χ2n) is 8.11. The molecule has 0 saturated heterocycles. The summed E-state index contributed by atoms with van der Waals surface area (Å²) in [7, 11) is 0. The van der Waals surface area contributed by atoms with Crippen LogP contribution < -0.4 is 0 Å². The lowest BCUT2D eigenvalue weighted by Gasteiger charge is -2.55. The lowest BCUT2D eigenvalue weighted by atomic mass is 9.48. The maximum atomic E-state index is 12.8. The number of halogens is 1. The van der Waals surface area contributed by atoms with Gasteiger partial charge in [-0.1, -0.05) is 23.7 Å². The van der Waals surface area contributed by atoms with Crippen LogP contribution in [0.15, 0.2) is 30.3 Å². The molecule has 1 aromatic rings. The second kappa shape index (κ2) is 6.60. The van der Waals surface area contributed by atoms with Crippen molar-refractivity contribution in [3.05, 3.63) is 40.9 Å². The van der Waals surface area contributed by atoms with Gasteiger partial charge in [0.15, 0.2) is 12.4 Å².